The number of rotatable bonds is 3. The molecule has 1 aromatic carbocycles. The fourth-order valence-corrected chi connectivity index (χ4v) is 1.38. The van der Waals surface area contributed by atoms with E-state index in [0.717, 1.165) is 17.7 Å². The van der Waals surface area contributed by atoms with Gasteiger partial charge in [0, 0.05) is 6.54 Å². The average Bonchev–Trinajstić information content (AvgIpc) is 2.28. The zero-order valence-electron chi connectivity index (χ0n) is 10.7. The molecule has 0 spiro atoms. The fourth-order valence-electron chi connectivity index (χ4n) is 1.38. The Morgan fingerprint density at radius 3 is 2.06 bits per heavy atom. The third-order valence-electron chi connectivity index (χ3n) is 3.01. The molecule has 0 aliphatic carbocycles. The van der Waals surface area contributed by atoms with Crippen molar-refractivity contribution in [1.29, 1.82) is 0 Å². The lowest BCUT2D eigenvalue weighted by molar-refractivity contribution is -0.137. The lowest BCUT2D eigenvalue weighted by atomic mass is 10.0. The lowest BCUT2D eigenvalue weighted by Crippen LogP contribution is -2.39. The van der Waals surface area contributed by atoms with Crippen molar-refractivity contribution in [2.24, 2.45) is 0 Å². The molecule has 0 N–H and O–H groups in total. The van der Waals surface area contributed by atoms with Gasteiger partial charge in [0.2, 0.25) is 0 Å². The van der Waals surface area contributed by atoms with Crippen molar-refractivity contribution < 1.29 is 13.2 Å². The molecule has 0 atom stereocenters. The zero-order chi connectivity index (χ0) is 14.0. The molecule has 0 aliphatic rings. The molecule has 1 aromatic rings. The van der Waals surface area contributed by atoms with Crippen molar-refractivity contribution in [3.63, 3.8) is 0 Å². The van der Waals surface area contributed by atoms with E-state index in [1.165, 1.54) is 12.1 Å². The van der Waals surface area contributed by atoms with Crippen LogP contribution in [0.1, 0.15) is 25.0 Å². The Morgan fingerprint density at radius 2 is 1.67 bits per heavy atom. The first-order valence-electron chi connectivity index (χ1n) is 5.52. The Labute approximate surface area is 106 Å². The van der Waals surface area contributed by atoms with Gasteiger partial charge in [-0.25, -0.2) is 0 Å². The average molecular weight is 255 g/mol. The van der Waals surface area contributed by atoms with E-state index >= 15 is 0 Å². The van der Waals surface area contributed by atoms with Gasteiger partial charge >= 0.3 is 6.18 Å². The first kappa shape index (κ1) is 14.6. The molecule has 98 valence electrons. The highest BCUT2D eigenvalue weighted by Gasteiger charge is 2.30. The van der Waals surface area contributed by atoms with Crippen LogP contribution in [0.2, 0.25) is 0 Å². The molecule has 0 aromatic heterocycles. The van der Waals surface area contributed by atoms with Crippen LogP contribution >= 0.6 is 0 Å². The second kappa shape index (κ2) is 5.03. The fraction of sp³-hybridized carbons (Fsp3) is 0.429. The molecule has 0 amide bonds. The van der Waals surface area contributed by atoms with E-state index in [1.807, 2.05) is 25.8 Å². The van der Waals surface area contributed by atoms with Crippen LogP contribution in [0.5, 0.6) is 0 Å². The third-order valence-corrected chi connectivity index (χ3v) is 3.01. The van der Waals surface area contributed by atoms with Crippen LogP contribution in [-0.2, 0) is 12.7 Å². The summed E-state index contributed by atoms with van der Waals surface area (Å²) in [5, 5.41) is 0. The molecule has 4 heteroatoms. The molecule has 0 saturated carbocycles. The van der Waals surface area contributed by atoms with E-state index in [0.29, 0.717) is 6.54 Å². The van der Waals surface area contributed by atoms with Crippen LogP contribution in [0.3, 0.4) is 0 Å². The lowest BCUT2D eigenvalue weighted by Gasteiger charge is -2.30. The number of alkyl halides is 3. The van der Waals surface area contributed by atoms with Crippen LogP contribution < -0.4 is 0 Å². The Kier molecular flexibility index (Phi) is 4.08. The number of hydrogen-bond acceptors (Lipinski definition) is 1. The van der Waals surface area contributed by atoms with E-state index in [2.05, 4.69) is 5.92 Å². The number of nitrogens with zero attached hydrogens (tertiary/aromatic N) is 1. The Morgan fingerprint density at radius 1 is 1.17 bits per heavy atom. The van der Waals surface area contributed by atoms with Gasteiger partial charge in [0.25, 0.3) is 0 Å². The molecule has 0 fully saturated rings. The first-order valence-corrected chi connectivity index (χ1v) is 5.52. The molecule has 18 heavy (non-hydrogen) atoms. The zero-order valence-corrected chi connectivity index (χ0v) is 10.7. The van der Waals surface area contributed by atoms with Gasteiger partial charge in [-0.2, -0.15) is 13.2 Å². The minimum absolute atomic E-state index is 0.428. The maximum atomic E-state index is 12.4. The van der Waals surface area contributed by atoms with Crippen molar-refractivity contribution in [3.05, 3.63) is 35.4 Å². The summed E-state index contributed by atoms with van der Waals surface area (Å²) < 4.78 is 37.2. The van der Waals surface area contributed by atoms with Crippen LogP contribution in [0, 0.1) is 12.3 Å². The van der Waals surface area contributed by atoms with Crippen molar-refractivity contribution in [1.82, 2.24) is 4.90 Å². The van der Waals surface area contributed by atoms with Crippen LogP contribution in [0.4, 0.5) is 13.2 Å². The number of terminal acetylenes is 1. The van der Waals surface area contributed by atoms with Crippen molar-refractivity contribution in [2.45, 2.75) is 32.1 Å². The van der Waals surface area contributed by atoms with Crippen LogP contribution in [0.15, 0.2) is 24.3 Å². The van der Waals surface area contributed by atoms with Gasteiger partial charge in [0.05, 0.1) is 11.1 Å². The molecule has 0 heterocycles. The summed E-state index contributed by atoms with van der Waals surface area (Å²) in [6, 6.07) is 5.13. The van der Waals surface area contributed by atoms with Gasteiger partial charge < -0.3 is 0 Å². The molecular weight excluding hydrogens is 239 g/mol. The standard InChI is InChI=1S/C14H16F3N/c1-5-13(2,3)18(4)10-11-6-8-12(9-7-11)14(15,16)17/h1,6-9H,10H2,2-4H3. The van der Waals surface area contributed by atoms with Crippen molar-refractivity contribution in [2.75, 3.05) is 7.05 Å². The Bertz CT molecular complexity index is 438. The second-order valence-corrected chi connectivity index (χ2v) is 4.75. The summed E-state index contributed by atoms with van der Waals surface area (Å²) in [5.41, 5.74) is -0.262. The Hall–Kier alpha value is -1.47. The van der Waals surface area contributed by atoms with Crippen LogP contribution in [0.25, 0.3) is 0 Å². The molecule has 0 unspecified atom stereocenters. The highest BCUT2D eigenvalue weighted by Crippen LogP contribution is 2.29. The highest BCUT2D eigenvalue weighted by molar-refractivity contribution is 5.25. The van der Waals surface area contributed by atoms with Gasteiger partial charge in [-0.15, -0.1) is 6.42 Å². The molecule has 1 rings (SSSR count). The molecule has 1 nitrogen and oxygen atoms in total. The van der Waals surface area contributed by atoms with E-state index < -0.39 is 17.3 Å². The summed E-state index contributed by atoms with van der Waals surface area (Å²) in [7, 11) is 1.84. The summed E-state index contributed by atoms with van der Waals surface area (Å²) in [4.78, 5) is 1.91. The predicted octanol–water partition coefficient (Wildman–Crippen LogP) is 3.55. The normalized spacial score (nSPS) is 12.6. The monoisotopic (exact) mass is 255 g/mol. The highest BCUT2D eigenvalue weighted by atomic mass is 19.4. The summed E-state index contributed by atoms with van der Waals surface area (Å²) in [6.45, 7) is 4.28. The predicted molar refractivity (Wildman–Crippen MR) is 65.8 cm³/mol. The van der Waals surface area contributed by atoms with Crippen LogP contribution in [-0.4, -0.2) is 17.5 Å². The molecule has 0 bridgehead atoms. The van der Waals surface area contributed by atoms with E-state index in [4.69, 9.17) is 6.42 Å². The minimum atomic E-state index is -4.29. The quantitative estimate of drug-likeness (QED) is 0.747. The maximum Gasteiger partial charge on any atom is 0.416 e. The molecule has 0 aliphatic heterocycles. The SMILES string of the molecule is C#CC(C)(C)N(C)Cc1ccc(C(F)(F)F)cc1. The Balaban J connectivity index is 2.80. The van der Waals surface area contributed by atoms with Gasteiger partial charge in [-0.1, -0.05) is 18.1 Å². The number of hydrogen-bond donors (Lipinski definition) is 0. The topological polar surface area (TPSA) is 3.24 Å². The summed E-state index contributed by atoms with van der Waals surface area (Å²) in [6.07, 6.45) is 1.11. The van der Waals surface area contributed by atoms with Crippen molar-refractivity contribution >= 4 is 0 Å². The van der Waals surface area contributed by atoms with E-state index in [9.17, 15) is 13.2 Å². The largest absolute Gasteiger partial charge is 0.416 e. The van der Waals surface area contributed by atoms with Gasteiger partial charge in [-0.3, -0.25) is 4.90 Å². The second-order valence-electron chi connectivity index (χ2n) is 4.75. The maximum absolute atomic E-state index is 12.4. The molecule has 0 radical (unpaired) electrons. The number of halogens is 3. The van der Waals surface area contributed by atoms with Gasteiger partial charge in [0.1, 0.15) is 0 Å². The summed E-state index contributed by atoms with van der Waals surface area (Å²) in [5.74, 6) is 2.64. The van der Waals surface area contributed by atoms with Gasteiger partial charge in [-0.05, 0) is 38.6 Å². The first-order chi connectivity index (χ1) is 8.16. The van der Waals surface area contributed by atoms with Crippen molar-refractivity contribution in [3.8, 4) is 12.3 Å². The van der Waals surface area contributed by atoms with Gasteiger partial charge in [0.15, 0.2) is 0 Å². The van der Waals surface area contributed by atoms with E-state index in [-0.39, 0.29) is 0 Å². The molecule has 0 saturated heterocycles. The minimum Gasteiger partial charge on any atom is -0.287 e. The third kappa shape index (κ3) is 3.51. The molecular formula is C14H16F3N. The summed E-state index contributed by atoms with van der Waals surface area (Å²) >= 11 is 0. The van der Waals surface area contributed by atoms with E-state index in [1.54, 1.807) is 0 Å². The number of benzene rings is 1. The smallest absolute Gasteiger partial charge is 0.287 e.